The molecule has 4 nitrogen and oxygen atoms in total. The van der Waals surface area contributed by atoms with Gasteiger partial charge < -0.3 is 5.73 Å². The third kappa shape index (κ3) is 2.57. The molecule has 0 saturated heterocycles. The lowest BCUT2D eigenvalue weighted by atomic mass is 9.92. The second-order valence-corrected chi connectivity index (χ2v) is 6.68. The van der Waals surface area contributed by atoms with Crippen LogP contribution in [0.4, 0.5) is 5.82 Å². The average molecular weight is 360 g/mol. The number of thiazole rings is 1. The SMILES string of the molecule is CC(C)(C)c1nc(-c2cncs2)nc(N)c1I. The van der Waals surface area contributed by atoms with Gasteiger partial charge in [0.25, 0.3) is 0 Å². The molecule has 0 spiro atoms. The summed E-state index contributed by atoms with van der Waals surface area (Å²) >= 11 is 3.72. The third-order valence-electron chi connectivity index (χ3n) is 2.24. The number of hydrogen-bond acceptors (Lipinski definition) is 5. The number of nitrogen functional groups attached to an aromatic ring is 1. The topological polar surface area (TPSA) is 64.7 Å². The molecule has 0 saturated carbocycles. The first-order valence-corrected chi connectivity index (χ1v) is 7.08. The average Bonchev–Trinajstić information content (AvgIpc) is 2.73. The highest BCUT2D eigenvalue weighted by molar-refractivity contribution is 14.1. The lowest BCUT2D eigenvalue weighted by molar-refractivity contribution is 0.564. The van der Waals surface area contributed by atoms with E-state index >= 15 is 0 Å². The molecule has 2 heterocycles. The minimum absolute atomic E-state index is 0.0486. The van der Waals surface area contributed by atoms with E-state index in [1.807, 2.05) is 0 Å². The molecule has 0 unspecified atom stereocenters. The lowest BCUT2D eigenvalue weighted by Crippen LogP contribution is -2.18. The van der Waals surface area contributed by atoms with Crippen LogP contribution in [0.1, 0.15) is 26.5 Å². The van der Waals surface area contributed by atoms with Crippen LogP contribution in [-0.4, -0.2) is 15.0 Å². The zero-order chi connectivity index (χ0) is 12.6. The molecule has 2 N–H and O–H groups in total. The molecule has 0 aliphatic carbocycles. The molecule has 6 heteroatoms. The fourth-order valence-corrected chi connectivity index (χ4v) is 3.00. The van der Waals surface area contributed by atoms with E-state index < -0.39 is 0 Å². The van der Waals surface area contributed by atoms with E-state index in [4.69, 9.17) is 5.73 Å². The summed E-state index contributed by atoms with van der Waals surface area (Å²) in [4.78, 5) is 13.9. The zero-order valence-corrected chi connectivity index (χ0v) is 12.8. The molecular weight excluding hydrogens is 347 g/mol. The van der Waals surface area contributed by atoms with E-state index in [1.54, 1.807) is 11.7 Å². The molecule has 0 atom stereocenters. The number of nitrogens with two attached hydrogens (primary N) is 1. The first-order valence-electron chi connectivity index (χ1n) is 5.12. The van der Waals surface area contributed by atoms with Gasteiger partial charge in [0.15, 0.2) is 5.82 Å². The van der Waals surface area contributed by atoms with E-state index in [9.17, 15) is 0 Å². The second kappa shape index (κ2) is 4.49. The predicted molar refractivity (Wildman–Crippen MR) is 79.0 cm³/mol. The number of nitrogens with zero attached hydrogens (tertiary/aromatic N) is 3. The van der Waals surface area contributed by atoms with Crippen LogP contribution >= 0.6 is 33.9 Å². The molecule has 0 bridgehead atoms. The Morgan fingerprint density at radius 1 is 1.29 bits per heavy atom. The van der Waals surface area contributed by atoms with Crippen molar-refractivity contribution in [3.63, 3.8) is 0 Å². The quantitative estimate of drug-likeness (QED) is 0.794. The lowest BCUT2D eigenvalue weighted by Gasteiger charge is -2.20. The van der Waals surface area contributed by atoms with E-state index in [0.717, 1.165) is 14.1 Å². The number of anilines is 1. The van der Waals surface area contributed by atoms with E-state index in [2.05, 4.69) is 58.3 Å². The zero-order valence-electron chi connectivity index (χ0n) is 9.86. The fourth-order valence-electron chi connectivity index (χ4n) is 1.40. The monoisotopic (exact) mass is 360 g/mol. The van der Waals surface area contributed by atoms with Crippen molar-refractivity contribution in [2.24, 2.45) is 0 Å². The van der Waals surface area contributed by atoms with Gasteiger partial charge in [0.2, 0.25) is 0 Å². The van der Waals surface area contributed by atoms with Crippen LogP contribution in [0.25, 0.3) is 10.7 Å². The Balaban J connectivity index is 2.62. The minimum atomic E-state index is -0.0486. The van der Waals surface area contributed by atoms with Crippen molar-refractivity contribution in [3.8, 4) is 10.7 Å². The number of halogens is 1. The van der Waals surface area contributed by atoms with Gasteiger partial charge in [-0.1, -0.05) is 20.8 Å². The standard InChI is InChI=1S/C11H13IN4S/c1-11(2,3)8-7(12)9(13)16-10(15-8)6-4-14-5-17-6/h4-5H,1-3H3,(H2,13,15,16). The van der Waals surface area contributed by atoms with Crippen LogP contribution in [-0.2, 0) is 5.41 Å². The van der Waals surface area contributed by atoms with Crippen LogP contribution in [0.2, 0.25) is 0 Å². The first-order chi connectivity index (χ1) is 7.89. The number of rotatable bonds is 1. The number of aromatic nitrogens is 3. The summed E-state index contributed by atoms with van der Waals surface area (Å²) in [5, 5.41) is 0. The van der Waals surface area contributed by atoms with Crippen molar-refractivity contribution in [3.05, 3.63) is 21.0 Å². The largest absolute Gasteiger partial charge is 0.383 e. The van der Waals surface area contributed by atoms with E-state index in [1.165, 1.54) is 11.3 Å². The van der Waals surface area contributed by atoms with Crippen molar-refractivity contribution in [1.29, 1.82) is 0 Å². The Labute approximate surface area is 118 Å². The summed E-state index contributed by atoms with van der Waals surface area (Å²) in [5.41, 5.74) is 8.65. The molecule has 0 aromatic carbocycles. The maximum Gasteiger partial charge on any atom is 0.173 e. The van der Waals surface area contributed by atoms with E-state index in [-0.39, 0.29) is 5.41 Å². The van der Waals surface area contributed by atoms with Gasteiger partial charge in [-0.15, -0.1) is 11.3 Å². The molecule has 17 heavy (non-hydrogen) atoms. The molecule has 0 amide bonds. The van der Waals surface area contributed by atoms with Crippen LogP contribution in [0.15, 0.2) is 11.7 Å². The summed E-state index contributed by atoms with van der Waals surface area (Å²) in [7, 11) is 0. The first kappa shape index (κ1) is 12.7. The summed E-state index contributed by atoms with van der Waals surface area (Å²) in [6.07, 6.45) is 1.76. The molecule has 2 aromatic heterocycles. The Bertz CT molecular complexity index is 531. The van der Waals surface area contributed by atoms with Crippen molar-refractivity contribution in [2.75, 3.05) is 5.73 Å². The van der Waals surface area contributed by atoms with Gasteiger partial charge in [-0.3, -0.25) is 4.98 Å². The van der Waals surface area contributed by atoms with Crippen molar-refractivity contribution in [2.45, 2.75) is 26.2 Å². The van der Waals surface area contributed by atoms with Gasteiger partial charge >= 0.3 is 0 Å². The molecule has 0 aliphatic heterocycles. The van der Waals surface area contributed by atoms with Crippen molar-refractivity contribution < 1.29 is 0 Å². The Kier molecular flexibility index (Phi) is 3.35. The molecule has 0 radical (unpaired) electrons. The summed E-state index contributed by atoms with van der Waals surface area (Å²) in [5.74, 6) is 1.20. The number of hydrogen-bond donors (Lipinski definition) is 1. The molecule has 0 aliphatic rings. The van der Waals surface area contributed by atoms with Gasteiger partial charge in [0.1, 0.15) is 5.82 Å². The highest BCUT2D eigenvalue weighted by atomic mass is 127. The Morgan fingerprint density at radius 2 is 2.00 bits per heavy atom. The van der Waals surface area contributed by atoms with Gasteiger partial charge in [0.05, 0.1) is 19.7 Å². The smallest absolute Gasteiger partial charge is 0.173 e. The Hall–Kier alpha value is -0.760. The maximum atomic E-state index is 5.95. The normalized spacial score (nSPS) is 11.8. The second-order valence-electron chi connectivity index (χ2n) is 4.71. The van der Waals surface area contributed by atoms with Crippen LogP contribution in [0, 0.1) is 3.57 Å². The third-order valence-corrected chi connectivity index (χ3v) is 4.07. The minimum Gasteiger partial charge on any atom is -0.383 e. The Morgan fingerprint density at radius 3 is 2.53 bits per heavy atom. The van der Waals surface area contributed by atoms with E-state index in [0.29, 0.717) is 11.6 Å². The van der Waals surface area contributed by atoms with Crippen LogP contribution < -0.4 is 5.73 Å². The van der Waals surface area contributed by atoms with Crippen LogP contribution in [0.3, 0.4) is 0 Å². The summed E-state index contributed by atoms with van der Waals surface area (Å²) in [6, 6.07) is 0. The maximum absolute atomic E-state index is 5.95. The van der Waals surface area contributed by atoms with Crippen molar-refractivity contribution >= 4 is 39.7 Å². The van der Waals surface area contributed by atoms with Gasteiger partial charge in [-0.2, -0.15) is 0 Å². The molecule has 2 aromatic rings. The summed E-state index contributed by atoms with van der Waals surface area (Å²) in [6.45, 7) is 6.36. The van der Waals surface area contributed by atoms with Gasteiger partial charge in [0, 0.05) is 11.6 Å². The molecule has 0 fully saturated rings. The molecular formula is C11H13IN4S. The molecule has 90 valence electrons. The fraction of sp³-hybridized carbons (Fsp3) is 0.364. The predicted octanol–water partition coefficient (Wildman–Crippen LogP) is 3.08. The highest BCUT2D eigenvalue weighted by Crippen LogP contribution is 2.31. The molecule has 2 rings (SSSR count). The van der Waals surface area contributed by atoms with Crippen LogP contribution in [0.5, 0.6) is 0 Å². The van der Waals surface area contributed by atoms with Gasteiger partial charge in [-0.05, 0) is 22.6 Å². The summed E-state index contributed by atoms with van der Waals surface area (Å²) < 4.78 is 0.934. The van der Waals surface area contributed by atoms with Crippen molar-refractivity contribution in [1.82, 2.24) is 15.0 Å². The van der Waals surface area contributed by atoms with Gasteiger partial charge in [-0.25, -0.2) is 9.97 Å². The highest BCUT2D eigenvalue weighted by Gasteiger charge is 2.22.